The van der Waals surface area contributed by atoms with Crippen LogP contribution in [0.15, 0.2) is 0 Å². The highest BCUT2D eigenvalue weighted by molar-refractivity contribution is 6.70. The topological polar surface area (TPSA) is 71.1 Å². The molecule has 0 radical (unpaired) electrons. The fraction of sp³-hybridized carbons (Fsp3) is 0.875. The van der Waals surface area contributed by atoms with E-state index >= 15 is 0 Å². The Morgan fingerprint density at radius 3 is 1.04 bits per heavy atom. The SMILES string of the molecule is CC(C)OC(=O)[C@H](O[Si](C)(C)C)[C@@H](O[Si](C)(C)C)C(=O)OC(C)C. The standard InChI is InChI=1S/C16H34O6Si2/c1-11(2)19-15(17)13(21-23(5,6)7)14(22-24(8,9)10)16(18)20-12(3)4/h11-14H,1-10H3/t13-,14-/m1/s1. The van der Waals surface area contributed by atoms with Crippen LogP contribution in [-0.2, 0) is 27.9 Å². The van der Waals surface area contributed by atoms with E-state index in [1.807, 2.05) is 39.3 Å². The van der Waals surface area contributed by atoms with Crippen LogP contribution in [0, 0.1) is 0 Å². The lowest BCUT2D eigenvalue weighted by Crippen LogP contribution is -2.53. The van der Waals surface area contributed by atoms with Crippen LogP contribution in [0.1, 0.15) is 27.7 Å². The molecule has 0 heterocycles. The molecule has 0 unspecified atom stereocenters. The smallest absolute Gasteiger partial charge is 0.337 e. The summed E-state index contributed by atoms with van der Waals surface area (Å²) in [5, 5.41) is 0. The maximum absolute atomic E-state index is 12.6. The van der Waals surface area contributed by atoms with Crippen LogP contribution in [0.2, 0.25) is 39.3 Å². The van der Waals surface area contributed by atoms with Crippen molar-refractivity contribution in [1.82, 2.24) is 0 Å². The van der Waals surface area contributed by atoms with Crippen LogP contribution in [0.4, 0.5) is 0 Å². The summed E-state index contributed by atoms with van der Waals surface area (Å²) in [5.74, 6) is -1.17. The molecule has 0 saturated carbocycles. The van der Waals surface area contributed by atoms with Gasteiger partial charge in [-0.2, -0.15) is 0 Å². The lowest BCUT2D eigenvalue weighted by molar-refractivity contribution is -0.174. The van der Waals surface area contributed by atoms with E-state index in [9.17, 15) is 9.59 Å². The summed E-state index contributed by atoms with van der Waals surface area (Å²) >= 11 is 0. The van der Waals surface area contributed by atoms with Crippen molar-refractivity contribution in [1.29, 1.82) is 0 Å². The third-order valence-electron chi connectivity index (χ3n) is 2.40. The Labute approximate surface area is 148 Å². The molecule has 0 bridgehead atoms. The molecule has 0 aliphatic rings. The fourth-order valence-electron chi connectivity index (χ4n) is 1.83. The van der Waals surface area contributed by atoms with Gasteiger partial charge in [0, 0.05) is 0 Å². The molecule has 0 aromatic carbocycles. The number of rotatable bonds is 9. The lowest BCUT2D eigenvalue weighted by Gasteiger charge is -2.34. The third-order valence-corrected chi connectivity index (χ3v) is 4.33. The zero-order chi connectivity index (χ0) is 19.3. The number of esters is 2. The third kappa shape index (κ3) is 10.2. The van der Waals surface area contributed by atoms with E-state index in [0.29, 0.717) is 0 Å². The summed E-state index contributed by atoms with van der Waals surface area (Å²) in [5.41, 5.74) is 0. The van der Waals surface area contributed by atoms with E-state index in [-0.39, 0.29) is 12.2 Å². The Balaban J connectivity index is 5.67. The summed E-state index contributed by atoms with van der Waals surface area (Å²) in [4.78, 5) is 25.1. The Morgan fingerprint density at radius 2 is 0.875 bits per heavy atom. The number of carbonyl (C=O) groups is 2. The van der Waals surface area contributed by atoms with Crippen molar-refractivity contribution < 1.29 is 27.9 Å². The molecule has 0 aliphatic carbocycles. The first-order valence-corrected chi connectivity index (χ1v) is 15.2. The average Bonchev–Trinajstić information content (AvgIpc) is 2.29. The molecule has 142 valence electrons. The van der Waals surface area contributed by atoms with E-state index in [1.54, 1.807) is 27.7 Å². The average molecular weight is 379 g/mol. The summed E-state index contributed by atoms with van der Waals surface area (Å²) in [6.07, 6.45) is -2.84. The van der Waals surface area contributed by atoms with Gasteiger partial charge >= 0.3 is 11.9 Å². The van der Waals surface area contributed by atoms with Gasteiger partial charge in [0.2, 0.25) is 0 Å². The second-order valence-electron chi connectivity index (χ2n) is 8.27. The zero-order valence-corrected chi connectivity index (χ0v) is 18.8. The first kappa shape index (κ1) is 23.3. The largest absolute Gasteiger partial charge is 0.461 e. The summed E-state index contributed by atoms with van der Waals surface area (Å²) < 4.78 is 22.5. The predicted molar refractivity (Wildman–Crippen MR) is 98.9 cm³/mol. The molecule has 0 saturated heterocycles. The number of hydrogen-bond acceptors (Lipinski definition) is 6. The van der Waals surface area contributed by atoms with Crippen molar-refractivity contribution in [3.63, 3.8) is 0 Å². The van der Waals surface area contributed by atoms with Crippen LogP contribution in [0.25, 0.3) is 0 Å². The maximum Gasteiger partial charge on any atom is 0.337 e. The Morgan fingerprint density at radius 1 is 0.625 bits per heavy atom. The molecule has 2 atom stereocenters. The van der Waals surface area contributed by atoms with Crippen LogP contribution < -0.4 is 0 Å². The van der Waals surface area contributed by atoms with Crippen LogP contribution in [0.3, 0.4) is 0 Å². The second kappa shape index (κ2) is 9.12. The van der Waals surface area contributed by atoms with Crippen molar-refractivity contribution in [2.45, 2.75) is 91.4 Å². The van der Waals surface area contributed by atoms with Gasteiger partial charge in [0.1, 0.15) is 0 Å². The van der Waals surface area contributed by atoms with E-state index in [2.05, 4.69) is 0 Å². The van der Waals surface area contributed by atoms with Crippen LogP contribution in [0.5, 0.6) is 0 Å². The quantitative estimate of drug-likeness (QED) is 0.453. The lowest BCUT2D eigenvalue weighted by atomic mass is 10.2. The maximum atomic E-state index is 12.6. The molecule has 0 amide bonds. The van der Waals surface area contributed by atoms with Gasteiger partial charge in [-0.25, -0.2) is 9.59 Å². The van der Waals surface area contributed by atoms with Crippen molar-refractivity contribution in [3.8, 4) is 0 Å². The highest BCUT2D eigenvalue weighted by Crippen LogP contribution is 2.20. The molecule has 0 fully saturated rings. The molecule has 8 heteroatoms. The van der Waals surface area contributed by atoms with Gasteiger partial charge in [-0.15, -0.1) is 0 Å². The minimum absolute atomic E-state index is 0.307. The normalized spacial score (nSPS) is 15.3. The monoisotopic (exact) mass is 378 g/mol. The Kier molecular flexibility index (Phi) is 8.85. The van der Waals surface area contributed by atoms with Crippen molar-refractivity contribution in [2.24, 2.45) is 0 Å². The van der Waals surface area contributed by atoms with Gasteiger partial charge in [0.05, 0.1) is 12.2 Å². The van der Waals surface area contributed by atoms with Crippen molar-refractivity contribution >= 4 is 28.6 Å². The number of ether oxygens (including phenoxy) is 2. The minimum Gasteiger partial charge on any atom is -0.461 e. The zero-order valence-electron chi connectivity index (χ0n) is 16.8. The Bertz CT molecular complexity index is 383. The van der Waals surface area contributed by atoms with Crippen LogP contribution in [-0.4, -0.2) is 53.0 Å². The molecule has 0 N–H and O–H groups in total. The molecule has 24 heavy (non-hydrogen) atoms. The summed E-state index contributed by atoms with van der Waals surface area (Å²) in [7, 11) is -4.26. The van der Waals surface area contributed by atoms with Crippen molar-refractivity contribution in [2.75, 3.05) is 0 Å². The molecular weight excluding hydrogens is 344 g/mol. The first-order chi connectivity index (χ1) is 10.6. The molecule has 0 rings (SSSR count). The van der Waals surface area contributed by atoms with Gasteiger partial charge in [-0.3, -0.25) is 0 Å². The highest BCUT2D eigenvalue weighted by atomic mass is 28.4. The fourth-order valence-corrected chi connectivity index (χ4v) is 3.79. The van der Waals surface area contributed by atoms with E-state index in [4.69, 9.17) is 18.3 Å². The van der Waals surface area contributed by atoms with Gasteiger partial charge in [0.25, 0.3) is 0 Å². The molecule has 0 aromatic heterocycles. The molecule has 0 aromatic rings. The molecule has 0 aliphatic heterocycles. The van der Waals surface area contributed by atoms with Gasteiger partial charge < -0.3 is 18.3 Å². The highest BCUT2D eigenvalue weighted by Gasteiger charge is 2.43. The van der Waals surface area contributed by atoms with E-state index < -0.39 is 40.8 Å². The molecule has 6 nitrogen and oxygen atoms in total. The van der Waals surface area contributed by atoms with Gasteiger partial charge in [0.15, 0.2) is 28.8 Å². The first-order valence-electron chi connectivity index (χ1n) is 8.39. The second-order valence-corrected chi connectivity index (χ2v) is 17.2. The van der Waals surface area contributed by atoms with E-state index in [0.717, 1.165) is 0 Å². The van der Waals surface area contributed by atoms with Gasteiger partial charge in [-0.05, 0) is 67.0 Å². The van der Waals surface area contributed by atoms with Crippen LogP contribution >= 0.6 is 0 Å². The minimum atomic E-state index is -2.13. The molecule has 0 spiro atoms. The predicted octanol–water partition coefficient (Wildman–Crippen LogP) is 3.33. The Hall–Kier alpha value is -0.706. The number of carbonyl (C=O) groups excluding carboxylic acids is 2. The summed E-state index contributed by atoms with van der Waals surface area (Å²) in [6, 6.07) is 0. The molecular formula is C16H34O6Si2. The van der Waals surface area contributed by atoms with E-state index in [1.165, 1.54) is 0 Å². The van der Waals surface area contributed by atoms with Gasteiger partial charge in [-0.1, -0.05) is 0 Å². The number of hydrogen-bond donors (Lipinski definition) is 0. The van der Waals surface area contributed by atoms with Crippen molar-refractivity contribution in [3.05, 3.63) is 0 Å². The summed E-state index contributed by atoms with van der Waals surface area (Å²) in [6.45, 7) is 18.7.